The summed E-state index contributed by atoms with van der Waals surface area (Å²) in [5.74, 6) is 0.482. The van der Waals surface area contributed by atoms with Crippen molar-refractivity contribution in [1.29, 1.82) is 0 Å². The number of nitrogens with one attached hydrogen (secondary N) is 1. The van der Waals surface area contributed by atoms with E-state index in [0.29, 0.717) is 11.6 Å². The molecule has 3 heteroatoms. The summed E-state index contributed by atoms with van der Waals surface area (Å²) in [5.41, 5.74) is 8.22. The van der Waals surface area contributed by atoms with E-state index in [9.17, 15) is 4.79 Å². The van der Waals surface area contributed by atoms with Crippen molar-refractivity contribution in [3.8, 4) is 0 Å². The van der Waals surface area contributed by atoms with Gasteiger partial charge in [0.05, 0.1) is 0 Å². The van der Waals surface area contributed by atoms with E-state index in [1.54, 1.807) is 6.07 Å². The van der Waals surface area contributed by atoms with Gasteiger partial charge in [-0.25, -0.2) is 0 Å². The Morgan fingerprint density at radius 3 is 2.72 bits per heavy atom. The standard InChI is InChI=1S/C15H22N2O/c1-10-8-13(15(16)18)6-7-14(10)9-17-11(2)12-4-3-5-12/h6-8,11-12,17H,3-5,9H2,1-2H3,(H2,16,18). The third-order valence-corrected chi connectivity index (χ3v) is 4.10. The van der Waals surface area contributed by atoms with Gasteiger partial charge < -0.3 is 11.1 Å². The van der Waals surface area contributed by atoms with Crippen molar-refractivity contribution < 1.29 is 4.79 Å². The van der Waals surface area contributed by atoms with Crippen LogP contribution >= 0.6 is 0 Å². The van der Waals surface area contributed by atoms with Crippen molar-refractivity contribution in [1.82, 2.24) is 5.32 Å². The smallest absolute Gasteiger partial charge is 0.248 e. The predicted molar refractivity (Wildman–Crippen MR) is 73.3 cm³/mol. The number of aryl methyl sites for hydroxylation is 1. The molecule has 1 aliphatic rings. The molecule has 0 heterocycles. The summed E-state index contributed by atoms with van der Waals surface area (Å²) < 4.78 is 0. The third-order valence-electron chi connectivity index (χ3n) is 4.10. The molecule has 1 unspecified atom stereocenters. The molecule has 0 aromatic heterocycles. The van der Waals surface area contributed by atoms with Crippen LogP contribution in [0, 0.1) is 12.8 Å². The van der Waals surface area contributed by atoms with Crippen LogP contribution in [0.25, 0.3) is 0 Å². The lowest BCUT2D eigenvalue weighted by atomic mass is 9.80. The van der Waals surface area contributed by atoms with Gasteiger partial charge in [-0.3, -0.25) is 4.79 Å². The molecule has 1 aromatic carbocycles. The van der Waals surface area contributed by atoms with E-state index in [1.807, 2.05) is 19.1 Å². The second kappa shape index (κ2) is 5.53. The van der Waals surface area contributed by atoms with Crippen LogP contribution in [0.2, 0.25) is 0 Å². The van der Waals surface area contributed by atoms with Crippen molar-refractivity contribution in [3.63, 3.8) is 0 Å². The summed E-state index contributed by atoms with van der Waals surface area (Å²) in [6.45, 7) is 5.15. The summed E-state index contributed by atoms with van der Waals surface area (Å²) in [4.78, 5) is 11.1. The number of rotatable bonds is 5. The zero-order chi connectivity index (χ0) is 13.1. The lowest BCUT2D eigenvalue weighted by molar-refractivity contribution is 0.1000. The molecule has 1 amide bonds. The summed E-state index contributed by atoms with van der Waals surface area (Å²) in [5, 5.41) is 3.57. The molecule has 0 spiro atoms. The van der Waals surface area contributed by atoms with Crippen LogP contribution < -0.4 is 11.1 Å². The average Bonchev–Trinajstić information content (AvgIpc) is 2.24. The average molecular weight is 246 g/mol. The zero-order valence-electron chi connectivity index (χ0n) is 11.2. The first-order chi connectivity index (χ1) is 8.58. The number of benzene rings is 1. The van der Waals surface area contributed by atoms with Gasteiger partial charge in [-0.1, -0.05) is 12.5 Å². The predicted octanol–water partition coefficient (Wildman–Crippen LogP) is 2.37. The minimum absolute atomic E-state index is 0.361. The summed E-state index contributed by atoms with van der Waals surface area (Å²) >= 11 is 0. The second-order valence-electron chi connectivity index (χ2n) is 5.37. The molecule has 1 saturated carbocycles. The van der Waals surface area contributed by atoms with Crippen LogP contribution in [0.1, 0.15) is 47.7 Å². The Labute approximate surface area is 109 Å². The monoisotopic (exact) mass is 246 g/mol. The Balaban J connectivity index is 1.94. The van der Waals surface area contributed by atoms with E-state index in [2.05, 4.69) is 12.2 Å². The number of primary amides is 1. The van der Waals surface area contributed by atoms with Crippen molar-refractivity contribution in [3.05, 3.63) is 34.9 Å². The first kappa shape index (κ1) is 13.1. The van der Waals surface area contributed by atoms with Gasteiger partial charge in [-0.15, -0.1) is 0 Å². The highest BCUT2D eigenvalue weighted by atomic mass is 16.1. The molecule has 18 heavy (non-hydrogen) atoms. The van der Waals surface area contributed by atoms with Gasteiger partial charge in [0.2, 0.25) is 5.91 Å². The minimum Gasteiger partial charge on any atom is -0.366 e. The SMILES string of the molecule is Cc1cc(C(N)=O)ccc1CNC(C)C1CCC1. The van der Waals surface area contributed by atoms with Crippen LogP contribution in [-0.2, 0) is 6.54 Å². The summed E-state index contributed by atoms with van der Waals surface area (Å²) in [7, 11) is 0. The Kier molecular flexibility index (Phi) is 4.02. The Bertz CT molecular complexity index is 438. The molecule has 0 bridgehead atoms. The largest absolute Gasteiger partial charge is 0.366 e. The fraction of sp³-hybridized carbons (Fsp3) is 0.533. The number of amides is 1. The van der Waals surface area contributed by atoms with Gasteiger partial charge in [-0.2, -0.15) is 0 Å². The van der Waals surface area contributed by atoms with E-state index >= 15 is 0 Å². The number of hydrogen-bond donors (Lipinski definition) is 2. The Morgan fingerprint density at radius 1 is 1.50 bits per heavy atom. The fourth-order valence-electron chi connectivity index (χ4n) is 2.42. The maximum absolute atomic E-state index is 11.1. The molecule has 1 aliphatic carbocycles. The topological polar surface area (TPSA) is 55.1 Å². The van der Waals surface area contributed by atoms with Gasteiger partial charge in [-0.05, 0) is 55.9 Å². The van der Waals surface area contributed by atoms with E-state index in [0.717, 1.165) is 18.0 Å². The van der Waals surface area contributed by atoms with Crippen molar-refractivity contribution >= 4 is 5.91 Å². The van der Waals surface area contributed by atoms with Crippen LogP contribution in [-0.4, -0.2) is 11.9 Å². The normalized spacial score (nSPS) is 17.2. The molecule has 2 rings (SSSR count). The van der Waals surface area contributed by atoms with E-state index < -0.39 is 0 Å². The van der Waals surface area contributed by atoms with Crippen molar-refractivity contribution in [2.75, 3.05) is 0 Å². The first-order valence-corrected chi connectivity index (χ1v) is 6.70. The van der Waals surface area contributed by atoms with Gasteiger partial charge in [0.25, 0.3) is 0 Å². The first-order valence-electron chi connectivity index (χ1n) is 6.70. The minimum atomic E-state index is -0.361. The molecule has 3 N–H and O–H groups in total. The van der Waals surface area contributed by atoms with Crippen LogP contribution in [0.15, 0.2) is 18.2 Å². The van der Waals surface area contributed by atoms with Crippen LogP contribution in [0.5, 0.6) is 0 Å². The molecule has 0 radical (unpaired) electrons. The molecule has 0 saturated heterocycles. The number of hydrogen-bond acceptors (Lipinski definition) is 2. The van der Waals surface area contributed by atoms with Crippen molar-refractivity contribution in [2.24, 2.45) is 11.7 Å². The van der Waals surface area contributed by atoms with E-state index in [-0.39, 0.29) is 5.91 Å². The molecule has 0 aliphatic heterocycles. The Hall–Kier alpha value is -1.35. The van der Waals surface area contributed by atoms with Gasteiger partial charge >= 0.3 is 0 Å². The fourth-order valence-corrected chi connectivity index (χ4v) is 2.42. The van der Waals surface area contributed by atoms with Gasteiger partial charge in [0, 0.05) is 18.2 Å². The maximum Gasteiger partial charge on any atom is 0.248 e. The van der Waals surface area contributed by atoms with Crippen LogP contribution in [0.3, 0.4) is 0 Å². The molecule has 1 atom stereocenters. The highest BCUT2D eigenvalue weighted by molar-refractivity contribution is 5.93. The van der Waals surface area contributed by atoms with Crippen LogP contribution in [0.4, 0.5) is 0 Å². The molecular weight excluding hydrogens is 224 g/mol. The number of carbonyl (C=O) groups is 1. The highest BCUT2D eigenvalue weighted by Gasteiger charge is 2.23. The lowest BCUT2D eigenvalue weighted by Crippen LogP contribution is -2.36. The molecule has 98 valence electrons. The maximum atomic E-state index is 11.1. The second-order valence-corrected chi connectivity index (χ2v) is 5.37. The van der Waals surface area contributed by atoms with Gasteiger partial charge in [0.1, 0.15) is 0 Å². The van der Waals surface area contributed by atoms with Crippen molar-refractivity contribution in [2.45, 2.75) is 45.7 Å². The highest BCUT2D eigenvalue weighted by Crippen LogP contribution is 2.29. The summed E-state index contributed by atoms with van der Waals surface area (Å²) in [6, 6.07) is 6.25. The molecule has 1 aromatic rings. The molecular formula is C15H22N2O. The number of carbonyl (C=O) groups excluding carboxylic acids is 1. The van der Waals surface area contributed by atoms with E-state index in [4.69, 9.17) is 5.73 Å². The molecule has 1 fully saturated rings. The number of nitrogens with two attached hydrogens (primary N) is 1. The van der Waals surface area contributed by atoms with Gasteiger partial charge in [0.15, 0.2) is 0 Å². The third kappa shape index (κ3) is 2.91. The summed E-state index contributed by atoms with van der Waals surface area (Å²) in [6.07, 6.45) is 4.09. The quantitative estimate of drug-likeness (QED) is 0.838. The molecule has 3 nitrogen and oxygen atoms in total. The van der Waals surface area contributed by atoms with E-state index in [1.165, 1.54) is 24.8 Å². The Morgan fingerprint density at radius 2 is 2.22 bits per heavy atom. The lowest BCUT2D eigenvalue weighted by Gasteiger charge is -2.32. The zero-order valence-corrected chi connectivity index (χ0v) is 11.2.